The van der Waals surface area contributed by atoms with Crippen molar-refractivity contribution >= 4 is 29.1 Å². The molecule has 2 amide bonds. The second kappa shape index (κ2) is 10.2. The molecule has 0 atom stereocenters. The van der Waals surface area contributed by atoms with E-state index in [1.165, 1.54) is 16.7 Å². The highest BCUT2D eigenvalue weighted by Crippen LogP contribution is 2.37. The summed E-state index contributed by atoms with van der Waals surface area (Å²) < 4.78 is 10.9. The molecule has 0 radical (unpaired) electrons. The minimum Gasteiger partial charge on any atom is -0.497 e. The Morgan fingerprint density at radius 3 is 2.06 bits per heavy atom. The van der Waals surface area contributed by atoms with E-state index in [1.807, 2.05) is 60.7 Å². The summed E-state index contributed by atoms with van der Waals surface area (Å²) >= 11 is 1.40. The van der Waals surface area contributed by atoms with E-state index >= 15 is 0 Å². The van der Waals surface area contributed by atoms with Crippen LogP contribution >= 0.6 is 11.8 Å². The Morgan fingerprint density at radius 1 is 0.781 bits per heavy atom. The van der Waals surface area contributed by atoms with Gasteiger partial charge in [0.2, 0.25) is 0 Å². The first kappa shape index (κ1) is 21.7. The van der Waals surface area contributed by atoms with Crippen molar-refractivity contribution in [3.05, 3.63) is 101 Å². The van der Waals surface area contributed by atoms with Crippen molar-refractivity contribution in [3.63, 3.8) is 0 Å². The first-order valence-electron chi connectivity index (χ1n) is 10.3. The minimum atomic E-state index is -0.282. The fourth-order valence-corrected chi connectivity index (χ4v) is 4.49. The topological polar surface area (TPSA) is 55.8 Å². The molecular weight excluding hydrogens is 422 g/mol. The average Bonchev–Trinajstić information content (AvgIpc) is 3.08. The van der Waals surface area contributed by atoms with Gasteiger partial charge in [0.1, 0.15) is 18.1 Å². The largest absolute Gasteiger partial charge is 0.497 e. The zero-order chi connectivity index (χ0) is 22.3. The summed E-state index contributed by atoms with van der Waals surface area (Å²) in [6.07, 6.45) is 0. The summed E-state index contributed by atoms with van der Waals surface area (Å²) in [5.74, 6) is 1.45. The maximum absolute atomic E-state index is 13.2. The summed E-state index contributed by atoms with van der Waals surface area (Å²) in [4.78, 5) is 28.2. The molecule has 3 aromatic carbocycles. The van der Waals surface area contributed by atoms with Gasteiger partial charge in [0, 0.05) is 5.75 Å². The van der Waals surface area contributed by atoms with Gasteiger partial charge in [-0.3, -0.25) is 14.5 Å². The normalized spacial score (nSPS) is 13.6. The molecule has 0 saturated carbocycles. The van der Waals surface area contributed by atoms with Crippen LogP contribution in [0.3, 0.4) is 0 Å². The summed E-state index contributed by atoms with van der Waals surface area (Å²) in [6, 6.07) is 26.5. The van der Waals surface area contributed by atoms with E-state index < -0.39 is 0 Å². The van der Waals surface area contributed by atoms with Crippen molar-refractivity contribution in [1.29, 1.82) is 0 Å². The van der Waals surface area contributed by atoms with Gasteiger partial charge in [-0.05, 0) is 35.4 Å². The Balaban J connectivity index is 1.49. The molecule has 0 fully saturated rings. The molecule has 0 aromatic heterocycles. The molecule has 0 bridgehead atoms. The quantitative estimate of drug-likeness (QED) is 0.444. The predicted molar refractivity (Wildman–Crippen MR) is 126 cm³/mol. The van der Waals surface area contributed by atoms with Crippen molar-refractivity contribution < 1.29 is 19.1 Å². The first-order chi connectivity index (χ1) is 15.7. The van der Waals surface area contributed by atoms with Crippen LogP contribution in [-0.4, -0.2) is 37.0 Å². The molecule has 3 aromatic rings. The van der Waals surface area contributed by atoms with Crippen LogP contribution in [0.4, 0.5) is 0 Å². The van der Waals surface area contributed by atoms with E-state index in [0.29, 0.717) is 22.0 Å². The van der Waals surface area contributed by atoms with Crippen LogP contribution in [0.25, 0.3) is 5.57 Å². The highest BCUT2D eigenvalue weighted by atomic mass is 32.2. The number of methoxy groups -OCH3 is 1. The molecule has 6 heteroatoms. The van der Waals surface area contributed by atoms with Gasteiger partial charge in [-0.15, -0.1) is 11.8 Å². The summed E-state index contributed by atoms with van der Waals surface area (Å²) in [7, 11) is 1.60. The lowest BCUT2D eigenvalue weighted by Gasteiger charge is -2.16. The molecule has 1 aliphatic rings. The monoisotopic (exact) mass is 445 g/mol. The standard InChI is InChI=1S/C26H23NO4S/c1-30-21-12-14-22(15-13-21)31-17-16-27-25(28)23(20-10-6-3-7-11-20)24(26(27)29)32-18-19-8-4-2-5-9-19/h2-15H,16-18H2,1H3. The molecule has 32 heavy (non-hydrogen) atoms. The van der Waals surface area contributed by atoms with E-state index in [4.69, 9.17) is 9.47 Å². The molecule has 4 rings (SSSR count). The number of amides is 2. The van der Waals surface area contributed by atoms with Gasteiger partial charge in [0.05, 0.1) is 24.1 Å². The van der Waals surface area contributed by atoms with Crippen LogP contribution in [-0.2, 0) is 15.3 Å². The maximum atomic E-state index is 13.2. The van der Waals surface area contributed by atoms with Gasteiger partial charge in [0.25, 0.3) is 11.8 Å². The van der Waals surface area contributed by atoms with Crippen LogP contribution in [0.5, 0.6) is 11.5 Å². The molecule has 0 spiro atoms. The van der Waals surface area contributed by atoms with Crippen molar-refractivity contribution in [2.75, 3.05) is 20.3 Å². The highest BCUT2D eigenvalue weighted by molar-refractivity contribution is 8.03. The lowest BCUT2D eigenvalue weighted by molar-refractivity contribution is -0.136. The number of rotatable bonds is 9. The number of carbonyl (C=O) groups excluding carboxylic acids is 2. The second-order valence-corrected chi connectivity index (χ2v) is 8.12. The van der Waals surface area contributed by atoms with E-state index in [2.05, 4.69) is 0 Å². The van der Waals surface area contributed by atoms with Gasteiger partial charge >= 0.3 is 0 Å². The van der Waals surface area contributed by atoms with E-state index in [-0.39, 0.29) is 25.0 Å². The number of hydrogen-bond acceptors (Lipinski definition) is 5. The van der Waals surface area contributed by atoms with Crippen molar-refractivity contribution in [3.8, 4) is 11.5 Å². The zero-order valence-corrected chi connectivity index (χ0v) is 18.5. The first-order valence-corrected chi connectivity index (χ1v) is 11.3. The molecule has 162 valence electrons. The van der Waals surface area contributed by atoms with Gasteiger partial charge in [0.15, 0.2) is 0 Å². The third kappa shape index (κ3) is 4.86. The van der Waals surface area contributed by atoms with Crippen molar-refractivity contribution in [2.24, 2.45) is 0 Å². The number of ether oxygens (including phenoxy) is 2. The van der Waals surface area contributed by atoms with E-state index in [9.17, 15) is 9.59 Å². The van der Waals surface area contributed by atoms with E-state index in [1.54, 1.807) is 31.4 Å². The average molecular weight is 446 g/mol. The Bertz CT molecular complexity index is 1110. The lowest BCUT2D eigenvalue weighted by atomic mass is 10.1. The summed E-state index contributed by atoms with van der Waals surface area (Å²) in [5.41, 5.74) is 2.31. The van der Waals surface area contributed by atoms with Gasteiger partial charge in [-0.25, -0.2) is 0 Å². The third-order valence-corrected chi connectivity index (χ3v) is 6.20. The summed E-state index contributed by atoms with van der Waals surface area (Å²) in [5, 5.41) is 0. The molecule has 0 unspecified atom stereocenters. The smallest absolute Gasteiger partial charge is 0.268 e. The Hall–Kier alpha value is -3.51. The second-order valence-electron chi connectivity index (χ2n) is 7.13. The number of hydrogen-bond donors (Lipinski definition) is 0. The third-order valence-electron chi connectivity index (χ3n) is 5.06. The number of carbonyl (C=O) groups is 2. The predicted octanol–water partition coefficient (Wildman–Crippen LogP) is 4.79. The fraction of sp³-hybridized carbons (Fsp3) is 0.154. The van der Waals surface area contributed by atoms with Crippen LogP contribution in [0.2, 0.25) is 0 Å². The van der Waals surface area contributed by atoms with Crippen LogP contribution < -0.4 is 9.47 Å². The molecule has 1 aliphatic heterocycles. The maximum Gasteiger partial charge on any atom is 0.268 e. The van der Waals surface area contributed by atoms with E-state index in [0.717, 1.165) is 16.9 Å². The summed E-state index contributed by atoms with van der Waals surface area (Å²) in [6.45, 7) is 0.387. The van der Waals surface area contributed by atoms with Crippen LogP contribution in [0.1, 0.15) is 11.1 Å². The van der Waals surface area contributed by atoms with Crippen LogP contribution in [0, 0.1) is 0 Å². The molecular formula is C26H23NO4S. The van der Waals surface area contributed by atoms with Crippen molar-refractivity contribution in [2.45, 2.75) is 5.75 Å². The number of thioether (sulfide) groups is 1. The van der Waals surface area contributed by atoms with Crippen molar-refractivity contribution in [1.82, 2.24) is 4.90 Å². The molecule has 0 saturated heterocycles. The Kier molecular flexibility index (Phi) is 6.92. The SMILES string of the molecule is COc1ccc(OCCN2C(=O)C(SCc3ccccc3)=C(c3ccccc3)C2=O)cc1. The number of benzene rings is 3. The minimum absolute atomic E-state index is 0.176. The Labute approximate surface area is 191 Å². The highest BCUT2D eigenvalue weighted by Gasteiger charge is 2.38. The lowest BCUT2D eigenvalue weighted by Crippen LogP contribution is -2.35. The molecule has 0 N–H and O–H groups in total. The number of imide groups is 1. The molecule has 0 aliphatic carbocycles. The van der Waals surface area contributed by atoms with Crippen LogP contribution in [0.15, 0.2) is 89.8 Å². The number of nitrogens with zero attached hydrogens (tertiary/aromatic N) is 1. The zero-order valence-electron chi connectivity index (χ0n) is 17.7. The van der Waals surface area contributed by atoms with Gasteiger partial charge in [-0.1, -0.05) is 60.7 Å². The van der Waals surface area contributed by atoms with Gasteiger partial charge in [-0.2, -0.15) is 0 Å². The van der Waals surface area contributed by atoms with Gasteiger partial charge < -0.3 is 9.47 Å². The fourth-order valence-electron chi connectivity index (χ4n) is 3.41. The molecule has 5 nitrogen and oxygen atoms in total. The Morgan fingerprint density at radius 2 is 1.41 bits per heavy atom. The molecule has 1 heterocycles.